The molecule has 3 aromatic rings. The lowest BCUT2D eigenvalue weighted by molar-refractivity contribution is -0.137. The van der Waals surface area contributed by atoms with Crippen LogP contribution >= 0.6 is 0 Å². The monoisotopic (exact) mass is 434 g/mol. The Balaban J connectivity index is 1.63. The van der Waals surface area contributed by atoms with Crippen molar-refractivity contribution >= 4 is 23.2 Å². The van der Waals surface area contributed by atoms with E-state index >= 15 is 0 Å². The molecule has 0 unspecified atom stereocenters. The number of carbonyl (C=O) groups is 2. The average Bonchev–Trinajstić information content (AvgIpc) is 3.14. The van der Waals surface area contributed by atoms with Crippen molar-refractivity contribution < 1.29 is 27.2 Å². The number of fused-ring (bicyclic) bond motifs is 1. The molecular weight excluding hydrogens is 420 g/mol. The molecular formula is C19H14F4N6O2. The number of halogens is 4. The van der Waals surface area contributed by atoms with Crippen LogP contribution in [0.2, 0.25) is 0 Å². The van der Waals surface area contributed by atoms with E-state index in [-0.39, 0.29) is 35.3 Å². The van der Waals surface area contributed by atoms with Crippen molar-refractivity contribution in [3.63, 3.8) is 0 Å². The van der Waals surface area contributed by atoms with Crippen molar-refractivity contribution in [2.75, 3.05) is 16.8 Å². The van der Waals surface area contributed by atoms with Gasteiger partial charge in [-0.15, -0.1) is 0 Å². The van der Waals surface area contributed by atoms with E-state index in [1.165, 1.54) is 27.9 Å². The molecule has 0 fully saturated rings. The summed E-state index contributed by atoms with van der Waals surface area (Å²) in [6.45, 7) is 1.94. The van der Waals surface area contributed by atoms with Crippen molar-refractivity contribution in [2.45, 2.75) is 19.1 Å². The summed E-state index contributed by atoms with van der Waals surface area (Å²) in [4.78, 5) is 33.8. The van der Waals surface area contributed by atoms with Crippen LogP contribution < -0.4 is 10.2 Å². The quantitative estimate of drug-likeness (QED) is 0.639. The highest BCUT2D eigenvalue weighted by Gasteiger charge is 2.35. The van der Waals surface area contributed by atoms with E-state index < -0.39 is 29.5 Å². The summed E-state index contributed by atoms with van der Waals surface area (Å²) in [5, 5.41) is 6.58. The first-order chi connectivity index (χ1) is 14.6. The van der Waals surface area contributed by atoms with Gasteiger partial charge in [0.25, 0.3) is 11.8 Å². The number of benzene rings is 1. The number of carbonyl (C=O) groups excluding carboxylic acids is 2. The molecule has 0 saturated carbocycles. The zero-order chi connectivity index (χ0) is 22.3. The molecule has 1 atom stereocenters. The first kappa shape index (κ1) is 20.4. The lowest BCUT2D eigenvalue weighted by Crippen LogP contribution is -2.43. The predicted octanol–water partition coefficient (Wildman–Crippen LogP) is 3.30. The first-order valence-electron chi connectivity index (χ1n) is 9.00. The summed E-state index contributed by atoms with van der Waals surface area (Å²) >= 11 is 0. The Labute approximate surface area is 172 Å². The van der Waals surface area contributed by atoms with Crippen LogP contribution in [0.1, 0.15) is 39.5 Å². The highest BCUT2D eigenvalue weighted by Crippen LogP contribution is 2.33. The molecule has 2 amide bonds. The summed E-state index contributed by atoms with van der Waals surface area (Å²) in [5.41, 5.74) is -0.759. The Morgan fingerprint density at radius 2 is 1.87 bits per heavy atom. The Bertz CT molecular complexity index is 1160. The van der Waals surface area contributed by atoms with Crippen molar-refractivity contribution in [1.29, 1.82) is 0 Å². The summed E-state index contributed by atoms with van der Waals surface area (Å²) in [5.74, 6) is -2.30. The summed E-state index contributed by atoms with van der Waals surface area (Å²) in [6.07, 6.45) is -1.32. The number of hydrogen-bond acceptors (Lipinski definition) is 5. The van der Waals surface area contributed by atoms with Gasteiger partial charge in [-0.1, -0.05) is 0 Å². The van der Waals surface area contributed by atoms with Crippen molar-refractivity contribution in [2.24, 2.45) is 0 Å². The molecule has 4 rings (SSSR count). The van der Waals surface area contributed by atoms with Crippen molar-refractivity contribution in [1.82, 2.24) is 19.7 Å². The molecule has 31 heavy (non-hydrogen) atoms. The fourth-order valence-corrected chi connectivity index (χ4v) is 3.24. The minimum Gasteiger partial charge on any atom is -0.317 e. The van der Waals surface area contributed by atoms with E-state index in [1.54, 1.807) is 6.92 Å². The molecule has 0 radical (unpaired) electrons. The third kappa shape index (κ3) is 3.83. The zero-order valence-electron chi connectivity index (χ0n) is 15.9. The normalized spacial score (nSPS) is 16.2. The number of rotatable bonds is 3. The molecule has 1 aliphatic heterocycles. The zero-order valence-corrected chi connectivity index (χ0v) is 15.9. The fourth-order valence-electron chi connectivity index (χ4n) is 3.24. The Morgan fingerprint density at radius 3 is 2.52 bits per heavy atom. The van der Waals surface area contributed by atoms with Crippen LogP contribution in [0.4, 0.5) is 28.9 Å². The van der Waals surface area contributed by atoms with Crippen LogP contribution in [0, 0.1) is 5.95 Å². The van der Waals surface area contributed by atoms with Crippen LogP contribution in [0.25, 0.3) is 0 Å². The number of nitrogens with one attached hydrogen (secondary N) is 1. The van der Waals surface area contributed by atoms with Gasteiger partial charge in [0.05, 0.1) is 35.9 Å². The van der Waals surface area contributed by atoms with Crippen LogP contribution in [-0.2, 0) is 6.18 Å². The fraction of sp³-hybridized carbons (Fsp3) is 0.211. The molecule has 2 aromatic heterocycles. The molecule has 1 N–H and O–H groups in total. The Morgan fingerprint density at radius 1 is 1.16 bits per heavy atom. The van der Waals surface area contributed by atoms with Gasteiger partial charge in [-0.2, -0.15) is 22.7 Å². The molecule has 1 aromatic carbocycles. The number of nitrogens with zero attached hydrogens (tertiary/aromatic N) is 5. The molecule has 3 heterocycles. The lowest BCUT2D eigenvalue weighted by atomic mass is 10.1. The maximum atomic E-state index is 13.2. The predicted molar refractivity (Wildman–Crippen MR) is 100 cm³/mol. The van der Waals surface area contributed by atoms with Crippen LogP contribution in [0.15, 0.2) is 42.9 Å². The maximum Gasteiger partial charge on any atom is 0.416 e. The minimum atomic E-state index is -4.49. The maximum absolute atomic E-state index is 13.2. The topological polar surface area (TPSA) is 93.0 Å². The van der Waals surface area contributed by atoms with Gasteiger partial charge in [-0.25, -0.2) is 4.98 Å². The second-order valence-electron chi connectivity index (χ2n) is 6.84. The molecule has 12 heteroatoms. The van der Waals surface area contributed by atoms with Crippen LogP contribution in [0.5, 0.6) is 0 Å². The second-order valence-corrected chi connectivity index (χ2v) is 6.84. The highest BCUT2D eigenvalue weighted by atomic mass is 19.4. The standard InChI is InChI=1S/C19H14F4N6O2/c1-10-9-28(12-4-2-11(3-5-12)19(21,22)23)18(31)16-13(7-25-29(10)16)27-17(30)14-6-24-8-15(20)26-14/h2-8,10H,9H2,1H3,(H,27,30)/t10-/m0/s1. The van der Waals surface area contributed by atoms with Crippen LogP contribution in [0.3, 0.4) is 0 Å². The van der Waals surface area contributed by atoms with E-state index in [4.69, 9.17) is 0 Å². The summed E-state index contributed by atoms with van der Waals surface area (Å²) < 4.78 is 53.1. The van der Waals surface area contributed by atoms with E-state index in [2.05, 4.69) is 20.4 Å². The van der Waals surface area contributed by atoms with Gasteiger partial charge in [-0.3, -0.25) is 19.3 Å². The van der Waals surface area contributed by atoms with Gasteiger partial charge < -0.3 is 10.2 Å². The van der Waals surface area contributed by atoms with Gasteiger partial charge in [0.1, 0.15) is 5.69 Å². The minimum absolute atomic E-state index is 0.0383. The number of hydrogen-bond donors (Lipinski definition) is 1. The third-order valence-corrected chi connectivity index (χ3v) is 4.70. The highest BCUT2D eigenvalue weighted by molar-refractivity contribution is 6.12. The van der Waals surface area contributed by atoms with E-state index in [1.807, 2.05) is 0 Å². The summed E-state index contributed by atoms with van der Waals surface area (Å²) in [7, 11) is 0. The largest absolute Gasteiger partial charge is 0.416 e. The van der Waals surface area contributed by atoms with E-state index in [0.29, 0.717) is 0 Å². The SMILES string of the molecule is C[C@H]1CN(c2ccc(C(F)(F)F)cc2)C(=O)c2c(NC(=O)c3cncc(F)n3)cnn21. The molecule has 0 spiro atoms. The van der Waals surface area contributed by atoms with E-state index in [9.17, 15) is 27.2 Å². The van der Waals surface area contributed by atoms with Gasteiger partial charge in [0.2, 0.25) is 5.95 Å². The smallest absolute Gasteiger partial charge is 0.317 e. The van der Waals surface area contributed by atoms with Crippen molar-refractivity contribution in [3.05, 3.63) is 65.8 Å². The van der Waals surface area contributed by atoms with Gasteiger partial charge in [0, 0.05) is 12.2 Å². The number of aromatic nitrogens is 4. The van der Waals surface area contributed by atoms with Crippen LogP contribution in [-0.4, -0.2) is 38.1 Å². The molecule has 0 bridgehead atoms. The molecule has 1 aliphatic rings. The van der Waals surface area contributed by atoms with Gasteiger partial charge in [0.15, 0.2) is 5.69 Å². The van der Waals surface area contributed by atoms with Crippen molar-refractivity contribution in [3.8, 4) is 0 Å². The van der Waals surface area contributed by atoms with Gasteiger partial charge >= 0.3 is 6.18 Å². The van der Waals surface area contributed by atoms with Gasteiger partial charge in [-0.05, 0) is 31.2 Å². The molecule has 160 valence electrons. The molecule has 8 nitrogen and oxygen atoms in total. The number of anilines is 2. The Hall–Kier alpha value is -3.83. The summed E-state index contributed by atoms with van der Waals surface area (Å²) in [6, 6.07) is 3.88. The third-order valence-electron chi connectivity index (χ3n) is 4.70. The van der Waals surface area contributed by atoms with E-state index in [0.717, 1.165) is 24.5 Å². The first-order valence-corrected chi connectivity index (χ1v) is 9.00. The second kappa shape index (κ2) is 7.45. The number of amides is 2. The molecule has 0 saturated heterocycles. The number of alkyl halides is 3. The molecule has 0 aliphatic carbocycles. The average molecular weight is 434 g/mol. The lowest BCUT2D eigenvalue weighted by Gasteiger charge is -2.32. The Kier molecular flexibility index (Phi) is 4.91.